The normalized spacial score (nSPS) is 12.8. The van der Waals surface area contributed by atoms with E-state index in [0.29, 0.717) is 24.6 Å². The number of pyridine rings is 1. The molecule has 1 heterocycles. The van der Waals surface area contributed by atoms with Crippen molar-refractivity contribution in [3.8, 4) is 0 Å². The maximum atomic E-state index is 12.8. The van der Waals surface area contributed by atoms with Gasteiger partial charge in [0.1, 0.15) is 6.54 Å². The first-order chi connectivity index (χ1) is 12.2. The zero-order chi connectivity index (χ0) is 19.3. The lowest BCUT2D eigenvalue weighted by molar-refractivity contribution is -0.138. The minimum atomic E-state index is -4.57. The first-order valence-corrected chi connectivity index (χ1v) is 8.29. The number of hydrogen-bond donors (Lipinski definition) is 1. The molecular weight excluding hydrogens is 345 g/mol. The summed E-state index contributed by atoms with van der Waals surface area (Å²) in [5.74, 6) is -0.210. The number of nitrogens with one attached hydrogen (secondary N) is 1. The Kier molecular flexibility index (Phi) is 6.23. The summed E-state index contributed by atoms with van der Waals surface area (Å²) in [6.07, 6.45) is -3.23. The molecule has 2 aromatic rings. The third kappa shape index (κ3) is 5.47. The second kappa shape index (κ2) is 8.21. The maximum absolute atomic E-state index is 12.8. The molecule has 0 aliphatic carbocycles. The van der Waals surface area contributed by atoms with Crippen molar-refractivity contribution in [3.63, 3.8) is 0 Å². The highest BCUT2D eigenvalue weighted by Crippen LogP contribution is 2.28. The van der Waals surface area contributed by atoms with Crippen LogP contribution in [0.4, 0.5) is 13.2 Å². The average molecular weight is 366 g/mol. The Hall–Kier alpha value is -2.57. The summed E-state index contributed by atoms with van der Waals surface area (Å²) >= 11 is 0. The molecular formula is C19H21F3N2O2. The van der Waals surface area contributed by atoms with Crippen molar-refractivity contribution in [1.82, 2.24) is 9.88 Å². The zero-order valence-electron chi connectivity index (χ0n) is 14.6. The highest BCUT2D eigenvalue weighted by molar-refractivity contribution is 5.76. The van der Waals surface area contributed by atoms with Gasteiger partial charge in [-0.05, 0) is 24.0 Å². The molecule has 4 nitrogen and oxygen atoms in total. The summed E-state index contributed by atoms with van der Waals surface area (Å²) in [5, 5.41) is 2.82. The van der Waals surface area contributed by atoms with E-state index in [1.54, 1.807) is 0 Å². The van der Waals surface area contributed by atoms with Crippen LogP contribution in [-0.2, 0) is 17.5 Å². The van der Waals surface area contributed by atoms with Gasteiger partial charge < -0.3 is 9.88 Å². The second-order valence-corrected chi connectivity index (χ2v) is 6.54. The number of nitrogens with zero attached hydrogens (tertiary/aromatic N) is 1. The first-order valence-electron chi connectivity index (χ1n) is 8.29. The number of carbonyl (C=O) groups excluding carboxylic acids is 1. The molecule has 1 unspecified atom stereocenters. The van der Waals surface area contributed by atoms with E-state index in [2.05, 4.69) is 5.32 Å². The Labute approximate surface area is 149 Å². The third-order valence-electron chi connectivity index (χ3n) is 3.87. The molecule has 0 spiro atoms. The molecule has 0 fully saturated rings. The van der Waals surface area contributed by atoms with E-state index in [1.165, 1.54) is 0 Å². The molecule has 0 saturated heterocycles. The van der Waals surface area contributed by atoms with Crippen LogP contribution in [0.5, 0.6) is 0 Å². The van der Waals surface area contributed by atoms with Crippen LogP contribution in [0.1, 0.15) is 37.4 Å². The van der Waals surface area contributed by atoms with Gasteiger partial charge in [-0.25, -0.2) is 0 Å². The standard InChI is InChI=1S/C19H21F3N2O2/c1-13(2)10-16(14-6-4-3-5-7-14)23-17(25)12-24-11-15(19(20,21)22)8-9-18(24)26/h3-9,11,13,16H,10,12H2,1-2H3,(H,23,25). The van der Waals surface area contributed by atoms with E-state index in [9.17, 15) is 22.8 Å². The van der Waals surface area contributed by atoms with Gasteiger partial charge in [-0.2, -0.15) is 13.2 Å². The van der Waals surface area contributed by atoms with Crippen LogP contribution in [0.15, 0.2) is 53.5 Å². The number of aromatic nitrogens is 1. The smallest absolute Gasteiger partial charge is 0.348 e. The van der Waals surface area contributed by atoms with E-state index in [-0.39, 0.29) is 6.04 Å². The number of alkyl halides is 3. The lowest BCUT2D eigenvalue weighted by atomic mass is 9.97. The van der Waals surface area contributed by atoms with Gasteiger partial charge in [0.15, 0.2) is 0 Å². The predicted molar refractivity (Wildman–Crippen MR) is 92.5 cm³/mol. The summed E-state index contributed by atoms with van der Waals surface area (Å²) in [5.41, 5.74) is -0.717. The minimum Gasteiger partial charge on any atom is -0.348 e. The minimum absolute atomic E-state index is 0.273. The highest BCUT2D eigenvalue weighted by atomic mass is 19.4. The fraction of sp³-hybridized carbons (Fsp3) is 0.368. The largest absolute Gasteiger partial charge is 0.417 e. The molecule has 1 amide bonds. The van der Waals surface area contributed by atoms with Crippen molar-refractivity contribution in [3.05, 3.63) is 70.1 Å². The number of hydrogen-bond acceptors (Lipinski definition) is 2. The van der Waals surface area contributed by atoms with Crippen LogP contribution >= 0.6 is 0 Å². The van der Waals surface area contributed by atoms with Crippen molar-refractivity contribution in [1.29, 1.82) is 0 Å². The summed E-state index contributed by atoms with van der Waals surface area (Å²) in [6, 6.07) is 10.6. The van der Waals surface area contributed by atoms with Gasteiger partial charge in [-0.3, -0.25) is 9.59 Å². The number of carbonyl (C=O) groups is 1. The van der Waals surface area contributed by atoms with E-state index >= 15 is 0 Å². The molecule has 2 rings (SSSR count). The highest BCUT2D eigenvalue weighted by Gasteiger charge is 2.31. The molecule has 26 heavy (non-hydrogen) atoms. The molecule has 0 radical (unpaired) electrons. The van der Waals surface area contributed by atoms with E-state index < -0.39 is 29.8 Å². The molecule has 0 bridgehead atoms. The average Bonchev–Trinajstić information content (AvgIpc) is 2.55. The Morgan fingerprint density at radius 2 is 1.77 bits per heavy atom. The van der Waals surface area contributed by atoms with Crippen molar-refractivity contribution >= 4 is 5.91 Å². The molecule has 7 heteroatoms. The van der Waals surface area contributed by atoms with Crippen molar-refractivity contribution in [2.45, 2.75) is 39.0 Å². The number of halogens is 3. The molecule has 0 aliphatic rings. The molecule has 0 aliphatic heterocycles. The topological polar surface area (TPSA) is 51.1 Å². The number of amides is 1. The summed E-state index contributed by atoms with van der Waals surface area (Å²) < 4.78 is 39.2. The van der Waals surface area contributed by atoms with Crippen LogP contribution in [0.25, 0.3) is 0 Å². The molecule has 0 saturated carbocycles. The van der Waals surface area contributed by atoms with Crippen LogP contribution < -0.4 is 10.9 Å². The Morgan fingerprint density at radius 1 is 1.12 bits per heavy atom. The Bertz CT molecular complexity index is 798. The van der Waals surface area contributed by atoms with Gasteiger partial charge in [0.25, 0.3) is 5.56 Å². The van der Waals surface area contributed by atoms with E-state index in [1.807, 2.05) is 44.2 Å². The molecule has 1 aromatic carbocycles. The molecule has 1 atom stereocenters. The van der Waals surface area contributed by atoms with Gasteiger partial charge in [0, 0.05) is 12.3 Å². The van der Waals surface area contributed by atoms with Crippen LogP contribution in [0, 0.1) is 5.92 Å². The van der Waals surface area contributed by atoms with E-state index in [4.69, 9.17) is 0 Å². The van der Waals surface area contributed by atoms with Crippen molar-refractivity contribution < 1.29 is 18.0 Å². The molecule has 140 valence electrons. The van der Waals surface area contributed by atoms with Crippen molar-refractivity contribution in [2.24, 2.45) is 5.92 Å². The molecule has 1 N–H and O–H groups in total. The quantitative estimate of drug-likeness (QED) is 0.846. The lowest BCUT2D eigenvalue weighted by Crippen LogP contribution is -2.35. The number of rotatable bonds is 6. The van der Waals surface area contributed by atoms with Crippen molar-refractivity contribution in [2.75, 3.05) is 0 Å². The second-order valence-electron chi connectivity index (χ2n) is 6.54. The van der Waals surface area contributed by atoms with Crippen LogP contribution in [-0.4, -0.2) is 10.5 Å². The van der Waals surface area contributed by atoms with Gasteiger partial charge in [-0.1, -0.05) is 44.2 Å². The van der Waals surface area contributed by atoms with Gasteiger partial charge in [0.2, 0.25) is 5.91 Å². The van der Waals surface area contributed by atoms with E-state index in [0.717, 1.165) is 16.2 Å². The monoisotopic (exact) mass is 366 g/mol. The lowest BCUT2D eigenvalue weighted by Gasteiger charge is -2.21. The predicted octanol–water partition coefficient (Wildman–Crippen LogP) is 3.77. The Balaban J connectivity index is 2.17. The maximum Gasteiger partial charge on any atom is 0.417 e. The summed E-state index contributed by atoms with van der Waals surface area (Å²) in [4.78, 5) is 24.1. The fourth-order valence-electron chi connectivity index (χ4n) is 2.65. The summed E-state index contributed by atoms with van der Waals surface area (Å²) in [7, 11) is 0. The molecule has 1 aromatic heterocycles. The van der Waals surface area contributed by atoms with Crippen LogP contribution in [0.2, 0.25) is 0 Å². The first kappa shape index (κ1) is 19.8. The van der Waals surface area contributed by atoms with Crippen LogP contribution in [0.3, 0.4) is 0 Å². The summed E-state index contributed by atoms with van der Waals surface area (Å²) in [6.45, 7) is 3.56. The fourth-order valence-corrected chi connectivity index (χ4v) is 2.65. The van der Waals surface area contributed by atoms with Gasteiger partial charge >= 0.3 is 6.18 Å². The Morgan fingerprint density at radius 3 is 2.35 bits per heavy atom. The third-order valence-corrected chi connectivity index (χ3v) is 3.87. The number of benzene rings is 1. The zero-order valence-corrected chi connectivity index (χ0v) is 14.6. The van der Waals surface area contributed by atoms with Gasteiger partial charge in [0.05, 0.1) is 11.6 Å². The SMILES string of the molecule is CC(C)CC(NC(=O)Cn1cc(C(F)(F)F)ccc1=O)c1ccccc1. The van der Waals surface area contributed by atoms with Gasteiger partial charge in [-0.15, -0.1) is 0 Å².